The van der Waals surface area contributed by atoms with E-state index in [0.717, 1.165) is 0 Å². The molecule has 1 aromatic heterocycles. The molecule has 0 bridgehead atoms. The first-order chi connectivity index (χ1) is 9.09. The smallest absolute Gasteiger partial charge is 0.253 e. The van der Waals surface area contributed by atoms with Crippen LogP contribution in [-0.2, 0) is 4.79 Å². The van der Waals surface area contributed by atoms with Crippen molar-refractivity contribution in [2.24, 2.45) is 5.73 Å². The molecule has 0 aliphatic carbocycles. The predicted octanol–water partition coefficient (Wildman–Crippen LogP) is -0.794. The van der Waals surface area contributed by atoms with Gasteiger partial charge in [0.25, 0.3) is 5.91 Å². The summed E-state index contributed by atoms with van der Waals surface area (Å²) >= 11 is 0. The van der Waals surface area contributed by atoms with Gasteiger partial charge in [-0.05, 0) is 12.1 Å². The highest BCUT2D eigenvalue weighted by molar-refractivity contribution is 6.04. The van der Waals surface area contributed by atoms with Crippen LogP contribution in [-0.4, -0.2) is 39.5 Å². The zero-order valence-electron chi connectivity index (χ0n) is 9.91. The highest BCUT2D eigenvalue weighted by Crippen LogP contribution is 2.13. The van der Waals surface area contributed by atoms with Crippen molar-refractivity contribution in [2.75, 3.05) is 6.54 Å². The number of rotatable bonds is 4. The van der Waals surface area contributed by atoms with Gasteiger partial charge < -0.3 is 16.2 Å². The summed E-state index contributed by atoms with van der Waals surface area (Å²) in [6.07, 6.45) is 1.60. The number of hydrogen-bond acceptors (Lipinski definition) is 5. The van der Waals surface area contributed by atoms with Gasteiger partial charge in [0.2, 0.25) is 5.91 Å². The van der Waals surface area contributed by atoms with Crippen LogP contribution in [0.1, 0.15) is 10.4 Å². The van der Waals surface area contributed by atoms with Crippen molar-refractivity contribution in [3.05, 3.63) is 36.2 Å². The summed E-state index contributed by atoms with van der Waals surface area (Å²) in [5.74, 6) is -1.34. The number of carbonyl (C=O) groups is 2. The third-order valence-electron chi connectivity index (χ3n) is 2.53. The van der Waals surface area contributed by atoms with Gasteiger partial charge in [-0.2, -0.15) is 0 Å². The number of aromatic nitrogens is 2. The Hall–Kier alpha value is -2.54. The third-order valence-corrected chi connectivity index (χ3v) is 2.53. The number of aliphatic hydroxyl groups is 1. The van der Waals surface area contributed by atoms with Gasteiger partial charge >= 0.3 is 0 Å². The second-order valence-electron chi connectivity index (χ2n) is 3.86. The Morgan fingerprint density at radius 2 is 2.05 bits per heavy atom. The first-order valence-electron chi connectivity index (χ1n) is 5.55. The largest absolute Gasteiger partial charge is 0.381 e. The molecule has 0 aliphatic heterocycles. The maximum absolute atomic E-state index is 11.9. The summed E-state index contributed by atoms with van der Waals surface area (Å²) in [6, 6.07) is 5.00. The molecular weight excluding hydrogens is 248 g/mol. The molecule has 1 aromatic carbocycles. The van der Waals surface area contributed by atoms with E-state index < -0.39 is 17.9 Å². The lowest BCUT2D eigenvalue weighted by Gasteiger charge is -2.09. The molecule has 0 aliphatic rings. The predicted molar refractivity (Wildman–Crippen MR) is 67.1 cm³/mol. The normalized spacial score (nSPS) is 12.1. The summed E-state index contributed by atoms with van der Waals surface area (Å²) in [6.45, 7) is -0.245. The van der Waals surface area contributed by atoms with Gasteiger partial charge in [0.05, 0.1) is 17.6 Å². The molecule has 2 amide bonds. The Kier molecular flexibility index (Phi) is 3.67. The summed E-state index contributed by atoms with van der Waals surface area (Å²) < 4.78 is 0. The molecule has 7 heteroatoms. The number of para-hydroxylation sites is 1. The van der Waals surface area contributed by atoms with E-state index in [4.69, 9.17) is 5.73 Å². The maximum atomic E-state index is 11.9. The van der Waals surface area contributed by atoms with E-state index in [1.54, 1.807) is 18.2 Å². The Morgan fingerprint density at radius 1 is 1.32 bits per heavy atom. The molecule has 1 unspecified atom stereocenters. The number of aliphatic hydroxyl groups excluding tert-OH is 1. The Morgan fingerprint density at radius 3 is 2.79 bits per heavy atom. The fraction of sp³-hybridized carbons (Fsp3) is 0.167. The van der Waals surface area contributed by atoms with Crippen molar-refractivity contribution in [3.8, 4) is 0 Å². The van der Waals surface area contributed by atoms with Gasteiger partial charge in [-0.15, -0.1) is 0 Å². The number of fused-ring (bicyclic) bond motifs is 1. The molecule has 7 nitrogen and oxygen atoms in total. The minimum absolute atomic E-state index is 0.245. The molecule has 19 heavy (non-hydrogen) atoms. The highest BCUT2D eigenvalue weighted by atomic mass is 16.3. The highest BCUT2D eigenvalue weighted by Gasteiger charge is 2.15. The SMILES string of the molecule is NC(=O)C(O)CNC(=O)c1cccc2nccnc12. The number of nitrogens with two attached hydrogens (primary N) is 1. The molecule has 1 atom stereocenters. The molecule has 98 valence electrons. The average Bonchev–Trinajstić information content (AvgIpc) is 2.43. The van der Waals surface area contributed by atoms with Crippen molar-refractivity contribution < 1.29 is 14.7 Å². The lowest BCUT2D eigenvalue weighted by Crippen LogP contribution is -2.40. The second kappa shape index (κ2) is 5.40. The van der Waals surface area contributed by atoms with Gasteiger partial charge in [-0.1, -0.05) is 6.07 Å². The number of benzene rings is 1. The Labute approximate surface area is 108 Å². The van der Waals surface area contributed by atoms with Crippen molar-refractivity contribution in [2.45, 2.75) is 6.10 Å². The third kappa shape index (κ3) is 2.83. The average molecular weight is 260 g/mol. The quantitative estimate of drug-likeness (QED) is 0.665. The van der Waals surface area contributed by atoms with Crippen LogP contribution in [0.5, 0.6) is 0 Å². The fourth-order valence-corrected chi connectivity index (χ4v) is 1.56. The standard InChI is InChI=1S/C12H12N4O3/c13-11(18)9(17)6-16-12(19)7-2-1-3-8-10(7)15-5-4-14-8/h1-5,9,17H,6H2,(H2,13,18)(H,16,19). The van der Waals surface area contributed by atoms with Crippen molar-refractivity contribution in [3.63, 3.8) is 0 Å². The molecule has 0 saturated carbocycles. The zero-order chi connectivity index (χ0) is 13.8. The van der Waals surface area contributed by atoms with E-state index in [0.29, 0.717) is 16.6 Å². The zero-order valence-corrected chi connectivity index (χ0v) is 9.91. The van der Waals surface area contributed by atoms with Crippen LogP contribution in [0.25, 0.3) is 11.0 Å². The van der Waals surface area contributed by atoms with Crippen LogP contribution in [0, 0.1) is 0 Å². The van der Waals surface area contributed by atoms with E-state index in [2.05, 4.69) is 15.3 Å². The number of nitrogens with zero attached hydrogens (tertiary/aromatic N) is 2. The number of carbonyl (C=O) groups excluding carboxylic acids is 2. The van der Waals surface area contributed by atoms with Gasteiger partial charge in [-0.25, -0.2) is 0 Å². The summed E-state index contributed by atoms with van der Waals surface area (Å²) in [4.78, 5) is 30.8. The minimum atomic E-state index is -1.41. The van der Waals surface area contributed by atoms with E-state index >= 15 is 0 Å². The van der Waals surface area contributed by atoms with Crippen LogP contribution < -0.4 is 11.1 Å². The summed E-state index contributed by atoms with van der Waals surface area (Å²) in [7, 11) is 0. The molecule has 4 N–H and O–H groups in total. The van der Waals surface area contributed by atoms with E-state index in [1.807, 2.05) is 0 Å². The van der Waals surface area contributed by atoms with Crippen molar-refractivity contribution in [1.82, 2.24) is 15.3 Å². The lowest BCUT2D eigenvalue weighted by atomic mass is 10.1. The Balaban J connectivity index is 2.20. The molecule has 1 heterocycles. The Bertz CT molecular complexity index is 624. The number of amides is 2. The van der Waals surface area contributed by atoms with Crippen molar-refractivity contribution in [1.29, 1.82) is 0 Å². The summed E-state index contributed by atoms with van der Waals surface area (Å²) in [5.41, 5.74) is 6.25. The topological polar surface area (TPSA) is 118 Å². The molecule has 0 spiro atoms. The van der Waals surface area contributed by atoms with E-state index in [-0.39, 0.29) is 6.54 Å². The summed E-state index contributed by atoms with van der Waals surface area (Å²) in [5, 5.41) is 11.6. The maximum Gasteiger partial charge on any atom is 0.253 e. The molecule has 0 fully saturated rings. The van der Waals surface area contributed by atoms with Gasteiger partial charge in [0.1, 0.15) is 11.6 Å². The van der Waals surface area contributed by atoms with Crippen LogP contribution in [0.4, 0.5) is 0 Å². The molecule has 2 rings (SSSR count). The molecule has 2 aromatic rings. The second-order valence-corrected chi connectivity index (χ2v) is 3.86. The van der Waals surface area contributed by atoms with Crippen LogP contribution in [0.3, 0.4) is 0 Å². The number of hydrogen-bond donors (Lipinski definition) is 3. The number of nitrogens with one attached hydrogen (secondary N) is 1. The van der Waals surface area contributed by atoms with Crippen molar-refractivity contribution >= 4 is 22.8 Å². The van der Waals surface area contributed by atoms with Gasteiger partial charge in [0.15, 0.2) is 0 Å². The van der Waals surface area contributed by atoms with Crippen LogP contribution in [0.15, 0.2) is 30.6 Å². The lowest BCUT2D eigenvalue weighted by molar-refractivity contribution is -0.125. The van der Waals surface area contributed by atoms with E-state index in [1.165, 1.54) is 12.4 Å². The monoisotopic (exact) mass is 260 g/mol. The van der Waals surface area contributed by atoms with Crippen LogP contribution >= 0.6 is 0 Å². The minimum Gasteiger partial charge on any atom is -0.381 e. The van der Waals surface area contributed by atoms with Gasteiger partial charge in [-0.3, -0.25) is 19.6 Å². The molecule has 0 radical (unpaired) electrons. The van der Waals surface area contributed by atoms with Crippen LogP contribution in [0.2, 0.25) is 0 Å². The molecule has 0 saturated heterocycles. The fourth-order valence-electron chi connectivity index (χ4n) is 1.56. The first kappa shape index (κ1) is 12.9. The van der Waals surface area contributed by atoms with Gasteiger partial charge in [0, 0.05) is 12.4 Å². The first-order valence-corrected chi connectivity index (χ1v) is 5.55. The number of primary amides is 1. The van der Waals surface area contributed by atoms with E-state index in [9.17, 15) is 14.7 Å². The molecular formula is C12H12N4O3.